The Morgan fingerprint density at radius 2 is 1.73 bits per heavy atom. The van der Waals surface area contributed by atoms with Gasteiger partial charge in [-0.3, -0.25) is 14.5 Å². The Balaban J connectivity index is 1.68. The monoisotopic (exact) mass is 664 g/mol. The molecule has 0 unspecified atom stereocenters. The number of carbonyl (C=O) groups excluding carboxylic acids is 2. The van der Waals surface area contributed by atoms with Crippen LogP contribution in [0.5, 0.6) is 17.2 Å². The average molecular weight is 666 g/mol. The van der Waals surface area contributed by atoms with Crippen LogP contribution in [0.2, 0.25) is 10.0 Å². The number of anilines is 1. The van der Waals surface area contributed by atoms with Crippen molar-refractivity contribution in [3.63, 3.8) is 0 Å². The maximum atomic E-state index is 13.6. The van der Waals surface area contributed by atoms with Gasteiger partial charge in [0.05, 0.1) is 41.5 Å². The SMILES string of the molecule is COC(=O)CN1C(=S)N(c2ccc(OC)cc2)C(=O)/C1=C/c1cc(Br)c(OCc2ccc(Cl)c(Cl)c2)c(OC)c1. The van der Waals surface area contributed by atoms with Crippen molar-refractivity contribution >= 4 is 80.1 Å². The number of halogens is 3. The molecule has 8 nitrogen and oxygen atoms in total. The molecule has 208 valence electrons. The fourth-order valence-corrected chi connectivity index (χ4v) is 5.14. The summed E-state index contributed by atoms with van der Waals surface area (Å²) < 4.78 is 22.2. The predicted octanol–water partition coefficient (Wildman–Crippen LogP) is 6.50. The Labute approximate surface area is 255 Å². The van der Waals surface area contributed by atoms with E-state index in [1.165, 1.54) is 24.0 Å². The number of thiocarbonyl (C=S) groups is 1. The average Bonchev–Trinajstić information content (AvgIpc) is 3.17. The first-order chi connectivity index (χ1) is 19.2. The Morgan fingerprint density at radius 3 is 2.35 bits per heavy atom. The molecule has 4 rings (SSSR count). The minimum Gasteiger partial charge on any atom is -0.497 e. The van der Waals surface area contributed by atoms with E-state index in [1.807, 2.05) is 6.07 Å². The minimum absolute atomic E-state index is 0.138. The fourth-order valence-electron chi connectivity index (χ4n) is 3.89. The van der Waals surface area contributed by atoms with E-state index in [0.29, 0.717) is 43.0 Å². The molecule has 0 N–H and O–H groups in total. The third-order valence-electron chi connectivity index (χ3n) is 5.90. The van der Waals surface area contributed by atoms with E-state index in [0.717, 1.165) is 5.56 Å². The lowest BCUT2D eigenvalue weighted by atomic mass is 10.1. The predicted molar refractivity (Wildman–Crippen MR) is 161 cm³/mol. The van der Waals surface area contributed by atoms with Crippen LogP contribution in [0.1, 0.15) is 11.1 Å². The second-order valence-corrected chi connectivity index (χ2v) is 10.4. The van der Waals surface area contributed by atoms with Crippen molar-refractivity contribution in [1.29, 1.82) is 0 Å². The minimum atomic E-state index is -0.553. The van der Waals surface area contributed by atoms with E-state index >= 15 is 0 Å². The van der Waals surface area contributed by atoms with Crippen molar-refractivity contribution in [2.24, 2.45) is 0 Å². The molecular weight excluding hydrogens is 643 g/mol. The fraction of sp³-hybridized carbons (Fsp3) is 0.179. The molecule has 1 saturated heterocycles. The quantitative estimate of drug-likeness (QED) is 0.146. The van der Waals surface area contributed by atoms with Gasteiger partial charge in [0, 0.05) is 0 Å². The van der Waals surface area contributed by atoms with E-state index in [-0.39, 0.29) is 24.0 Å². The number of nitrogens with zero attached hydrogens (tertiary/aromatic N) is 2. The van der Waals surface area contributed by atoms with E-state index in [1.54, 1.807) is 61.7 Å². The zero-order valence-corrected chi connectivity index (χ0v) is 25.5. The summed E-state index contributed by atoms with van der Waals surface area (Å²) in [5, 5.41) is 1.02. The summed E-state index contributed by atoms with van der Waals surface area (Å²) in [5.74, 6) is 0.537. The standard InChI is InChI=1S/C28H23BrCl2N2O6S/c1-36-19-7-5-18(6-8-19)33-27(35)23(32(28(33)40)14-25(34)38-3)12-17-10-20(29)26(24(13-17)37-2)39-15-16-4-9-21(30)22(31)11-16/h4-13H,14-15H2,1-3H3/b23-12-. The van der Waals surface area contributed by atoms with Crippen LogP contribution >= 0.6 is 51.3 Å². The Hall–Kier alpha value is -3.31. The van der Waals surface area contributed by atoms with Gasteiger partial charge in [-0.25, -0.2) is 0 Å². The molecule has 1 heterocycles. The summed E-state index contributed by atoms with van der Waals surface area (Å²) in [7, 11) is 4.33. The molecule has 0 radical (unpaired) electrons. The Kier molecular flexibility index (Phi) is 9.57. The van der Waals surface area contributed by atoms with E-state index in [4.69, 9.17) is 54.4 Å². The summed E-state index contributed by atoms with van der Waals surface area (Å²) in [4.78, 5) is 28.6. The molecule has 0 saturated carbocycles. The highest BCUT2D eigenvalue weighted by atomic mass is 79.9. The first kappa shape index (κ1) is 29.7. The molecule has 0 bridgehead atoms. The van der Waals surface area contributed by atoms with Crippen molar-refractivity contribution < 1.29 is 28.5 Å². The number of carbonyl (C=O) groups is 2. The topological polar surface area (TPSA) is 77.5 Å². The van der Waals surface area contributed by atoms with Gasteiger partial charge in [-0.1, -0.05) is 29.3 Å². The summed E-state index contributed by atoms with van der Waals surface area (Å²) in [5.41, 5.74) is 2.13. The summed E-state index contributed by atoms with van der Waals surface area (Å²) in [6.07, 6.45) is 1.62. The number of benzene rings is 3. The van der Waals surface area contributed by atoms with Gasteiger partial charge >= 0.3 is 5.97 Å². The van der Waals surface area contributed by atoms with Crippen molar-refractivity contribution in [2.75, 3.05) is 32.8 Å². The molecule has 1 aliphatic rings. The number of methoxy groups -OCH3 is 3. The molecule has 12 heteroatoms. The lowest BCUT2D eigenvalue weighted by Gasteiger charge is -2.19. The molecule has 0 spiro atoms. The molecule has 3 aromatic carbocycles. The van der Waals surface area contributed by atoms with Crippen LogP contribution in [0.15, 0.2) is 64.8 Å². The summed E-state index contributed by atoms with van der Waals surface area (Å²) in [6.45, 7) is -0.0362. The number of esters is 1. The van der Waals surface area contributed by atoms with Crippen LogP contribution in [0, 0.1) is 0 Å². The van der Waals surface area contributed by atoms with Gasteiger partial charge in [0.2, 0.25) is 0 Å². The molecule has 0 aliphatic carbocycles. The van der Waals surface area contributed by atoms with Gasteiger partial charge in [-0.2, -0.15) is 0 Å². The lowest BCUT2D eigenvalue weighted by molar-refractivity contribution is -0.140. The van der Waals surface area contributed by atoms with Gasteiger partial charge < -0.3 is 23.8 Å². The molecule has 0 aromatic heterocycles. The highest BCUT2D eigenvalue weighted by Crippen LogP contribution is 2.39. The van der Waals surface area contributed by atoms with Crippen LogP contribution in [0.3, 0.4) is 0 Å². The lowest BCUT2D eigenvalue weighted by Crippen LogP contribution is -2.35. The number of rotatable bonds is 9. The smallest absolute Gasteiger partial charge is 0.325 e. The van der Waals surface area contributed by atoms with Gasteiger partial charge in [0.1, 0.15) is 24.6 Å². The maximum Gasteiger partial charge on any atom is 0.325 e. The van der Waals surface area contributed by atoms with E-state index in [2.05, 4.69) is 15.9 Å². The van der Waals surface area contributed by atoms with Crippen molar-refractivity contribution in [3.8, 4) is 17.2 Å². The van der Waals surface area contributed by atoms with E-state index in [9.17, 15) is 9.59 Å². The highest BCUT2D eigenvalue weighted by Gasteiger charge is 2.40. The zero-order chi connectivity index (χ0) is 29.0. The van der Waals surface area contributed by atoms with Crippen molar-refractivity contribution in [2.45, 2.75) is 6.61 Å². The molecule has 3 aromatic rings. The van der Waals surface area contributed by atoms with Crippen LogP contribution < -0.4 is 19.1 Å². The summed E-state index contributed by atoms with van der Waals surface area (Å²) >= 11 is 21.3. The van der Waals surface area contributed by atoms with Gasteiger partial charge in [-0.15, -0.1) is 0 Å². The second kappa shape index (κ2) is 12.9. The second-order valence-electron chi connectivity index (χ2n) is 8.38. The Bertz CT molecular complexity index is 1500. The van der Waals surface area contributed by atoms with Gasteiger partial charge in [0.15, 0.2) is 16.6 Å². The number of amides is 1. The van der Waals surface area contributed by atoms with Gasteiger partial charge in [-0.05, 0) is 93.9 Å². The third kappa shape index (κ3) is 6.36. The molecule has 1 aliphatic heterocycles. The van der Waals surface area contributed by atoms with Gasteiger partial charge in [0.25, 0.3) is 5.91 Å². The van der Waals surface area contributed by atoms with Crippen molar-refractivity contribution in [3.05, 3.63) is 85.9 Å². The number of ether oxygens (including phenoxy) is 4. The molecule has 1 amide bonds. The van der Waals surface area contributed by atoms with Crippen molar-refractivity contribution in [1.82, 2.24) is 4.90 Å². The van der Waals surface area contributed by atoms with Crippen LogP contribution in [-0.4, -0.2) is 49.8 Å². The normalized spacial score (nSPS) is 14.1. The van der Waals surface area contributed by atoms with Crippen LogP contribution in [0.4, 0.5) is 5.69 Å². The number of hydrogen-bond donors (Lipinski definition) is 0. The molecule has 40 heavy (non-hydrogen) atoms. The number of hydrogen-bond acceptors (Lipinski definition) is 7. The maximum absolute atomic E-state index is 13.6. The third-order valence-corrected chi connectivity index (χ3v) is 7.63. The largest absolute Gasteiger partial charge is 0.497 e. The van der Waals surface area contributed by atoms with Crippen LogP contribution in [0.25, 0.3) is 6.08 Å². The molecule has 0 atom stereocenters. The first-order valence-corrected chi connectivity index (χ1v) is 13.6. The van der Waals surface area contributed by atoms with E-state index < -0.39 is 11.9 Å². The Morgan fingerprint density at radius 1 is 1.00 bits per heavy atom. The summed E-state index contributed by atoms with van der Waals surface area (Å²) in [6, 6.07) is 15.6. The first-order valence-electron chi connectivity index (χ1n) is 11.7. The molecule has 1 fully saturated rings. The molecular formula is C28H23BrCl2N2O6S. The van der Waals surface area contributed by atoms with Crippen LogP contribution in [-0.2, 0) is 20.9 Å². The zero-order valence-electron chi connectivity index (χ0n) is 21.6. The highest BCUT2D eigenvalue weighted by molar-refractivity contribution is 9.10.